The van der Waals surface area contributed by atoms with Crippen LogP contribution in [0.5, 0.6) is 0 Å². The first-order valence-corrected chi connectivity index (χ1v) is 6.94. The second-order valence-electron chi connectivity index (χ2n) is 5.85. The van der Waals surface area contributed by atoms with Gasteiger partial charge in [-0.1, -0.05) is 19.0 Å². The number of alkyl halides is 3. The number of nitrogens with two attached hydrogens (primary N) is 1. The smallest absolute Gasteiger partial charge is 0.339 e. The molecule has 1 fully saturated rings. The summed E-state index contributed by atoms with van der Waals surface area (Å²) in [7, 11) is 0. The van der Waals surface area contributed by atoms with Gasteiger partial charge in [0, 0.05) is 5.92 Å². The minimum atomic E-state index is -4.09. The standard InChI is InChI=1S/C13H20F3N3O/c1-7(2)10(17)11-18-12(20-19-11)8-3-5-9(6-4-8)13(14,15)16/h7-10H,3-6,17H2,1-2H3. The summed E-state index contributed by atoms with van der Waals surface area (Å²) in [5.41, 5.74) is 5.93. The van der Waals surface area contributed by atoms with Gasteiger partial charge in [0.25, 0.3) is 0 Å². The molecule has 1 aromatic heterocycles. The van der Waals surface area contributed by atoms with Gasteiger partial charge in [-0.3, -0.25) is 0 Å². The van der Waals surface area contributed by atoms with Gasteiger partial charge in [0.2, 0.25) is 5.89 Å². The molecule has 2 N–H and O–H groups in total. The number of halogens is 3. The molecule has 114 valence electrons. The summed E-state index contributed by atoms with van der Waals surface area (Å²) in [6.07, 6.45) is -2.97. The van der Waals surface area contributed by atoms with Crippen LogP contribution in [0.4, 0.5) is 13.2 Å². The fraction of sp³-hybridized carbons (Fsp3) is 0.846. The lowest BCUT2D eigenvalue weighted by molar-refractivity contribution is -0.182. The van der Waals surface area contributed by atoms with Crippen LogP contribution in [0, 0.1) is 11.8 Å². The monoisotopic (exact) mass is 291 g/mol. The zero-order valence-electron chi connectivity index (χ0n) is 11.7. The highest BCUT2D eigenvalue weighted by Gasteiger charge is 2.42. The molecule has 1 aliphatic carbocycles. The molecule has 1 heterocycles. The molecule has 0 spiro atoms. The summed E-state index contributed by atoms with van der Waals surface area (Å²) in [6, 6.07) is -0.306. The normalized spacial score (nSPS) is 25.9. The maximum Gasteiger partial charge on any atom is 0.391 e. The summed E-state index contributed by atoms with van der Waals surface area (Å²) >= 11 is 0. The van der Waals surface area contributed by atoms with Crippen molar-refractivity contribution in [1.82, 2.24) is 10.1 Å². The molecule has 0 amide bonds. The Balaban J connectivity index is 1.98. The van der Waals surface area contributed by atoms with Crippen molar-refractivity contribution in [3.63, 3.8) is 0 Å². The molecular formula is C13H20F3N3O. The first-order valence-electron chi connectivity index (χ1n) is 6.94. The van der Waals surface area contributed by atoms with Gasteiger partial charge in [-0.05, 0) is 31.6 Å². The van der Waals surface area contributed by atoms with Gasteiger partial charge in [0.05, 0.1) is 12.0 Å². The Morgan fingerprint density at radius 3 is 2.30 bits per heavy atom. The number of hydrogen-bond acceptors (Lipinski definition) is 4. The van der Waals surface area contributed by atoms with Gasteiger partial charge < -0.3 is 10.3 Å². The summed E-state index contributed by atoms with van der Waals surface area (Å²) in [4.78, 5) is 4.26. The minimum absolute atomic E-state index is 0.0748. The Morgan fingerprint density at radius 2 is 1.80 bits per heavy atom. The van der Waals surface area contributed by atoms with E-state index in [4.69, 9.17) is 10.3 Å². The average molecular weight is 291 g/mol. The molecule has 0 radical (unpaired) electrons. The summed E-state index contributed by atoms with van der Waals surface area (Å²) < 4.78 is 43.0. The van der Waals surface area contributed by atoms with Crippen molar-refractivity contribution < 1.29 is 17.7 Å². The fourth-order valence-electron chi connectivity index (χ4n) is 2.51. The van der Waals surface area contributed by atoms with Crippen LogP contribution in [-0.2, 0) is 0 Å². The SMILES string of the molecule is CC(C)C(N)c1noc(C2CCC(C(F)(F)F)CC2)n1. The van der Waals surface area contributed by atoms with Crippen molar-refractivity contribution >= 4 is 0 Å². The first kappa shape index (κ1) is 15.3. The van der Waals surface area contributed by atoms with Crippen LogP contribution in [-0.4, -0.2) is 16.3 Å². The molecule has 0 aliphatic heterocycles. The molecule has 1 atom stereocenters. The Hall–Kier alpha value is -1.11. The zero-order chi connectivity index (χ0) is 14.9. The zero-order valence-corrected chi connectivity index (χ0v) is 11.7. The van der Waals surface area contributed by atoms with E-state index in [1.165, 1.54) is 0 Å². The van der Waals surface area contributed by atoms with Gasteiger partial charge in [0.1, 0.15) is 0 Å². The summed E-state index contributed by atoms with van der Waals surface area (Å²) in [5.74, 6) is -0.223. The molecule has 1 unspecified atom stereocenters. The number of nitrogens with zero attached hydrogens (tertiary/aromatic N) is 2. The van der Waals surface area contributed by atoms with Crippen LogP contribution in [0.2, 0.25) is 0 Å². The van der Waals surface area contributed by atoms with Crippen molar-refractivity contribution in [3.05, 3.63) is 11.7 Å². The molecule has 1 aliphatic rings. The molecular weight excluding hydrogens is 271 g/mol. The summed E-state index contributed by atoms with van der Waals surface area (Å²) in [6.45, 7) is 3.91. The molecule has 0 aromatic carbocycles. The van der Waals surface area contributed by atoms with E-state index < -0.39 is 12.1 Å². The molecule has 20 heavy (non-hydrogen) atoms. The Labute approximate surface area is 115 Å². The maximum atomic E-state index is 12.6. The third-order valence-corrected chi connectivity index (χ3v) is 4.01. The molecule has 7 heteroatoms. The minimum Gasteiger partial charge on any atom is -0.339 e. The van der Waals surface area contributed by atoms with E-state index in [9.17, 15) is 13.2 Å². The molecule has 4 nitrogen and oxygen atoms in total. The van der Waals surface area contributed by atoms with Gasteiger partial charge in [-0.25, -0.2) is 0 Å². The highest BCUT2D eigenvalue weighted by atomic mass is 19.4. The topological polar surface area (TPSA) is 64.9 Å². The van der Waals surface area contributed by atoms with Crippen molar-refractivity contribution in [1.29, 1.82) is 0 Å². The van der Waals surface area contributed by atoms with Gasteiger partial charge in [0.15, 0.2) is 5.82 Å². The van der Waals surface area contributed by atoms with E-state index in [-0.39, 0.29) is 30.7 Å². The number of aromatic nitrogens is 2. The van der Waals surface area contributed by atoms with Crippen LogP contribution in [0.25, 0.3) is 0 Å². The Bertz CT molecular complexity index is 436. The van der Waals surface area contributed by atoms with E-state index in [0.29, 0.717) is 24.6 Å². The highest BCUT2D eigenvalue weighted by molar-refractivity contribution is 5.00. The lowest BCUT2D eigenvalue weighted by atomic mass is 9.81. The van der Waals surface area contributed by atoms with Crippen LogP contribution in [0.1, 0.15) is 63.2 Å². The van der Waals surface area contributed by atoms with Crippen molar-refractivity contribution in [2.75, 3.05) is 0 Å². The molecule has 1 saturated carbocycles. The predicted molar refractivity (Wildman–Crippen MR) is 66.8 cm³/mol. The second-order valence-corrected chi connectivity index (χ2v) is 5.85. The third kappa shape index (κ3) is 3.31. The van der Waals surface area contributed by atoms with Gasteiger partial charge >= 0.3 is 6.18 Å². The quantitative estimate of drug-likeness (QED) is 0.924. The van der Waals surface area contributed by atoms with Crippen molar-refractivity contribution in [2.24, 2.45) is 17.6 Å². The molecule has 1 aromatic rings. The molecule has 0 saturated heterocycles. The molecule has 2 rings (SSSR count). The van der Waals surface area contributed by atoms with Crippen LogP contribution >= 0.6 is 0 Å². The van der Waals surface area contributed by atoms with Gasteiger partial charge in [-0.15, -0.1) is 0 Å². The van der Waals surface area contributed by atoms with Crippen LogP contribution < -0.4 is 5.73 Å². The summed E-state index contributed by atoms with van der Waals surface area (Å²) in [5, 5.41) is 3.85. The van der Waals surface area contributed by atoms with E-state index in [1.807, 2.05) is 13.8 Å². The average Bonchev–Trinajstić information content (AvgIpc) is 2.86. The van der Waals surface area contributed by atoms with Crippen molar-refractivity contribution in [2.45, 2.75) is 57.7 Å². The largest absolute Gasteiger partial charge is 0.391 e. The lowest BCUT2D eigenvalue weighted by Gasteiger charge is -2.27. The van der Waals surface area contributed by atoms with E-state index >= 15 is 0 Å². The maximum absolute atomic E-state index is 12.6. The first-order chi connectivity index (χ1) is 9.29. The van der Waals surface area contributed by atoms with Crippen LogP contribution in [0.3, 0.4) is 0 Å². The Kier molecular flexibility index (Phi) is 4.36. The number of rotatable bonds is 3. The lowest BCUT2D eigenvalue weighted by Crippen LogP contribution is -2.27. The number of hydrogen-bond donors (Lipinski definition) is 1. The highest BCUT2D eigenvalue weighted by Crippen LogP contribution is 2.42. The van der Waals surface area contributed by atoms with Crippen molar-refractivity contribution in [3.8, 4) is 0 Å². The van der Waals surface area contributed by atoms with E-state index in [2.05, 4.69) is 10.1 Å². The van der Waals surface area contributed by atoms with E-state index in [1.54, 1.807) is 0 Å². The van der Waals surface area contributed by atoms with E-state index in [0.717, 1.165) is 0 Å². The molecule has 0 bridgehead atoms. The second kappa shape index (κ2) is 5.71. The predicted octanol–water partition coefficient (Wildman–Crippen LogP) is 3.56. The van der Waals surface area contributed by atoms with Gasteiger partial charge in [-0.2, -0.15) is 18.2 Å². The third-order valence-electron chi connectivity index (χ3n) is 4.01. The fourth-order valence-corrected chi connectivity index (χ4v) is 2.51. The van der Waals surface area contributed by atoms with Crippen LogP contribution in [0.15, 0.2) is 4.52 Å². The Morgan fingerprint density at radius 1 is 1.20 bits per heavy atom.